The minimum Gasteiger partial charge on any atom is -0.375 e. The molecule has 0 radical (unpaired) electrons. The van der Waals surface area contributed by atoms with E-state index in [-0.39, 0.29) is 30.0 Å². The van der Waals surface area contributed by atoms with Gasteiger partial charge in [0.05, 0.1) is 24.8 Å². The summed E-state index contributed by atoms with van der Waals surface area (Å²) in [6.45, 7) is 9.49. The third-order valence-electron chi connectivity index (χ3n) is 3.76. The summed E-state index contributed by atoms with van der Waals surface area (Å²) in [6.07, 6.45) is 1.97. The second-order valence-corrected chi connectivity index (χ2v) is 5.11. The number of nitrogens with two attached hydrogens (primary N) is 1. The lowest BCUT2D eigenvalue weighted by Gasteiger charge is -2.40. The molecule has 0 bridgehead atoms. The molecule has 0 aromatic rings. The number of ether oxygens (including phenoxy) is 1. The summed E-state index contributed by atoms with van der Waals surface area (Å²) in [5.74, 6) is 0.319. The van der Waals surface area contributed by atoms with Gasteiger partial charge in [-0.1, -0.05) is 27.2 Å². The van der Waals surface area contributed by atoms with E-state index in [2.05, 4.69) is 13.8 Å². The van der Waals surface area contributed by atoms with Gasteiger partial charge in [0.15, 0.2) is 0 Å². The Labute approximate surface area is 104 Å². The average Bonchev–Trinajstić information content (AvgIpc) is 2.35. The predicted octanol–water partition coefficient (Wildman–Crippen LogP) is 1.39. The molecule has 17 heavy (non-hydrogen) atoms. The van der Waals surface area contributed by atoms with Crippen molar-refractivity contribution in [1.29, 1.82) is 0 Å². The molecule has 0 aliphatic carbocycles. The van der Waals surface area contributed by atoms with Crippen LogP contribution >= 0.6 is 0 Å². The molecule has 1 heterocycles. The van der Waals surface area contributed by atoms with E-state index in [4.69, 9.17) is 10.5 Å². The molecule has 4 nitrogen and oxygen atoms in total. The van der Waals surface area contributed by atoms with Crippen LogP contribution in [0.1, 0.15) is 40.5 Å². The third kappa shape index (κ3) is 3.42. The standard InChI is InChI=1S/C13H26N2O2/c1-5-9(3)12(14)13(16)15-7-10(4)17-8-11(15)6-2/h9-12H,5-8,14H2,1-4H3. The Bertz CT molecular complexity index is 258. The summed E-state index contributed by atoms with van der Waals surface area (Å²) in [4.78, 5) is 14.3. The monoisotopic (exact) mass is 242 g/mol. The lowest BCUT2D eigenvalue weighted by Crippen LogP contribution is -2.57. The van der Waals surface area contributed by atoms with E-state index in [1.54, 1.807) is 0 Å². The largest absolute Gasteiger partial charge is 0.375 e. The number of carbonyl (C=O) groups excluding carboxylic acids is 1. The van der Waals surface area contributed by atoms with Crippen LogP contribution in [0.4, 0.5) is 0 Å². The number of rotatable bonds is 4. The topological polar surface area (TPSA) is 55.6 Å². The number of carbonyl (C=O) groups is 1. The molecule has 0 saturated carbocycles. The molecule has 1 rings (SSSR count). The van der Waals surface area contributed by atoms with Crippen LogP contribution in [0.15, 0.2) is 0 Å². The number of amides is 1. The SMILES string of the molecule is CCC(C)C(N)C(=O)N1CC(C)OCC1CC. The van der Waals surface area contributed by atoms with Crippen molar-refractivity contribution in [3.63, 3.8) is 0 Å². The molecule has 4 unspecified atom stereocenters. The highest BCUT2D eigenvalue weighted by Gasteiger charge is 2.33. The average molecular weight is 242 g/mol. The van der Waals surface area contributed by atoms with Crippen molar-refractivity contribution in [3.05, 3.63) is 0 Å². The summed E-state index contributed by atoms with van der Waals surface area (Å²) < 4.78 is 5.59. The lowest BCUT2D eigenvalue weighted by molar-refractivity contribution is -0.146. The number of morpholine rings is 1. The third-order valence-corrected chi connectivity index (χ3v) is 3.76. The molecule has 1 aliphatic rings. The quantitative estimate of drug-likeness (QED) is 0.810. The molecule has 4 heteroatoms. The molecule has 1 fully saturated rings. The van der Waals surface area contributed by atoms with Crippen LogP contribution in [0.25, 0.3) is 0 Å². The first kappa shape index (κ1) is 14.5. The van der Waals surface area contributed by atoms with Crippen LogP contribution in [0, 0.1) is 5.92 Å². The van der Waals surface area contributed by atoms with Gasteiger partial charge in [-0.05, 0) is 19.3 Å². The predicted molar refractivity (Wildman–Crippen MR) is 68.6 cm³/mol. The Kier molecular flexibility index (Phi) is 5.40. The normalized spacial score (nSPS) is 28.9. The first-order valence-corrected chi connectivity index (χ1v) is 6.68. The van der Waals surface area contributed by atoms with Crippen molar-refractivity contribution >= 4 is 5.91 Å². The summed E-state index contributed by atoms with van der Waals surface area (Å²) in [5, 5.41) is 0. The Morgan fingerprint density at radius 2 is 2.18 bits per heavy atom. The zero-order valence-electron chi connectivity index (χ0n) is 11.5. The minimum absolute atomic E-state index is 0.0846. The molecular weight excluding hydrogens is 216 g/mol. The number of hydrogen-bond donors (Lipinski definition) is 1. The summed E-state index contributed by atoms with van der Waals surface area (Å²) >= 11 is 0. The van der Waals surface area contributed by atoms with Gasteiger partial charge < -0.3 is 15.4 Å². The molecule has 0 aromatic heterocycles. The van der Waals surface area contributed by atoms with Gasteiger partial charge in [-0.15, -0.1) is 0 Å². The van der Waals surface area contributed by atoms with Gasteiger partial charge in [0.2, 0.25) is 5.91 Å². The fourth-order valence-electron chi connectivity index (χ4n) is 2.14. The second kappa shape index (κ2) is 6.36. The van der Waals surface area contributed by atoms with Crippen molar-refractivity contribution < 1.29 is 9.53 Å². The molecular formula is C13H26N2O2. The van der Waals surface area contributed by atoms with Crippen molar-refractivity contribution in [2.45, 2.75) is 58.7 Å². The van der Waals surface area contributed by atoms with Gasteiger partial charge in [-0.3, -0.25) is 4.79 Å². The van der Waals surface area contributed by atoms with Crippen molar-refractivity contribution in [3.8, 4) is 0 Å². The summed E-state index contributed by atoms with van der Waals surface area (Å²) in [7, 11) is 0. The molecule has 1 amide bonds. The lowest BCUT2D eigenvalue weighted by atomic mass is 9.97. The van der Waals surface area contributed by atoms with Gasteiger partial charge >= 0.3 is 0 Å². The maximum absolute atomic E-state index is 12.4. The van der Waals surface area contributed by atoms with Crippen molar-refractivity contribution in [2.24, 2.45) is 11.7 Å². The zero-order valence-corrected chi connectivity index (χ0v) is 11.5. The van der Waals surface area contributed by atoms with Crippen molar-refractivity contribution in [2.75, 3.05) is 13.2 Å². The first-order valence-electron chi connectivity index (χ1n) is 6.68. The fourth-order valence-corrected chi connectivity index (χ4v) is 2.14. The molecule has 0 spiro atoms. The Morgan fingerprint density at radius 1 is 1.53 bits per heavy atom. The van der Waals surface area contributed by atoms with Gasteiger partial charge in [-0.2, -0.15) is 0 Å². The van der Waals surface area contributed by atoms with E-state index in [0.717, 1.165) is 12.8 Å². The highest BCUT2D eigenvalue weighted by Crippen LogP contribution is 2.18. The molecule has 1 saturated heterocycles. The first-order chi connectivity index (χ1) is 8.01. The molecule has 1 aliphatic heterocycles. The van der Waals surface area contributed by atoms with Crippen LogP contribution in [0.3, 0.4) is 0 Å². The minimum atomic E-state index is -0.376. The van der Waals surface area contributed by atoms with Gasteiger partial charge in [0.1, 0.15) is 0 Å². The van der Waals surface area contributed by atoms with E-state index in [1.807, 2.05) is 18.7 Å². The Hall–Kier alpha value is -0.610. The summed E-state index contributed by atoms with van der Waals surface area (Å²) in [6, 6.07) is -0.187. The maximum atomic E-state index is 12.4. The molecule has 4 atom stereocenters. The zero-order chi connectivity index (χ0) is 13.0. The number of nitrogens with zero attached hydrogens (tertiary/aromatic N) is 1. The molecule has 2 N–H and O–H groups in total. The second-order valence-electron chi connectivity index (χ2n) is 5.11. The van der Waals surface area contributed by atoms with E-state index in [9.17, 15) is 4.79 Å². The van der Waals surface area contributed by atoms with E-state index in [0.29, 0.717) is 13.2 Å². The smallest absolute Gasteiger partial charge is 0.240 e. The fraction of sp³-hybridized carbons (Fsp3) is 0.923. The van der Waals surface area contributed by atoms with E-state index < -0.39 is 0 Å². The van der Waals surface area contributed by atoms with Crippen molar-refractivity contribution in [1.82, 2.24) is 4.90 Å². The molecule has 100 valence electrons. The highest BCUT2D eigenvalue weighted by molar-refractivity contribution is 5.82. The van der Waals surface area contributed by atoms with E-state index in [1.165, 1.54) is 0 Å². The van der Waals surface area contributed by atoms with Gasteiger partial charge in [0.25, 0.3) is 0 Å². The summed E-state index contributed by atoms with van der Waals surface area (Å²) in [5.41, 5.74) is 6.03. The van der Waals surface area contributed by atoms with Crippen LogP contribution in [0.5, 0.6) is 0 Å². The highest BCUT2D eigenvalue weighted by atomic mass is 16.5. The maximum Gasteiger partial charge on any atom is 0.240 e. The van der Waals surface area contributed by atoms with Crippen LogP contribution in [0.2, 0.25) is 0 Å². The van der Waals surface area contributed by atoms with E-state index >= 15 is 0 Å². The van der Waals surface area contributed by atoms with Crippen LogP contribution in [-0.2, 0) is 9.53 Å². The number of hydrogen-bond acceptors (Lipinski definition) is 3. The Morgan fingerprint density at radius 3 is 2.71 bits per heavy atom. The molecule has 0 aromatic carbocycles. The van der Waals surface area contributed by atoms with Crippen LogP contribution < -0.4 is 5.73 Å². The Balaban J connectivity index is 2.70. The van der Waals surface area contributed by atoms with Gasteiger partial charge in [0, 0.05) is 6.54 Å². The van der Waals surface area contributed by atoms with Crippen LogP contribution in [-0.4, -0.2) is 42.1 Å². The van der Waals surface area contributed by atoms with Gasteiger partial charge in [-0.25, -0.2) is 0 Å².